The average molecular weight is 147 g/mol. The zero-order valence-corrected chi connectivity index (χ0v) is 5.60. The molecule has 0 fully saturated rings. The number of aromatic nitrogens is 3. The first-order chi connectivity index (χ1) is 5.36. The van der Waals surface area contributed by atoms with Gasteiger partial charge >= 0.3 is 6.01 Å². The molecule has 2 aromatic rings. The SMILES string of the molecule is Oc1ncc2ccncc2n1. The number of nitrogens with zero attached hydrogens (tertiary/aromatic N) is 3. The largest absolute Gasteiger partial charge is 0.479 e. The van der Waals surface area contributed by atoms with Gasteiger partial charge in [-0.15, -0.1) is 0 Å². The van der Waals surface area contributed by atoms with Crippen LogP contribution in [0.15, 0.2) is 24.7 Å². The first kappa shape index (κ1) is 6.03. The lowest BCUT2D eigenvalue weighted by molar-refractivity contribution is 0.433. The van der Waals surface area contributed by atoms with Gasteiger partial charge in [0.25, 0.3) is 0 Å². The van der Waals surface area contributed by atoms with Gasteiger partial charge in [0.2, 0.25) is 0 Å². The van der Waals surface area contributed by atoms with Crippen LogP contribution in [-0.4, -0.2) is 20.1 Å². The Morgan fingerprint density at radius 3 is 3.09 bits per heavy atom. The molecular weight excluding hydrogens is 142 g/mol. The van der Waals surface area contributed by atoms with Crippen LogP contribution in [0.1, 0.15) is 0 Å². The minimum Gasteiger partial charge on any atom is -0.479 e. The molecule has 54 valence electrons. The van der Waals surface area contributed by atoms with Crippen LogP contribution in [0.2, 0.25) is 0 Å². The van der Waals surface area contributed by atoms with E-state index in [4.69, 9.17) is 5.11 Å². The van der Waals surface area contributed by atoms with Gasteiger partial charge in [0.05, 0.1) is 11.7 Å². The fourth-order valence-corrected chi connectivity index (χ4v) is 0.863. The van der Waals surface area contributed by atoms with Crippen molar-refractivity contribution in [2.45, 2.75) is 0 Å². The topological polar surface area (TPSA) is 58.9 Å². The minimum absolute atomic E-state index is 0.217. The van der Waals surface area contributed by atoms with Crippen molar-refractivity contribution in [1.82, 2.24) is 15.0 Å². The van der Waals surface area contributed by atoms with E-state index >= 15 is 0 Å². The molecule has 0 bridgehead atoms. The summed E-state index contributed by atoms with van der Waals surface area (Å²) in [5.41, 5.74) is 0.653. The quantitative estimate of drug-likeness (QED) is 0.596. The highest BCUT2D eigenvalue weighted by Crippen LogP contribution is 2.09. The summed E-state index contributed by atoms with van der Waals surface area (Å²) in [6, 6.07) is 1.57. The van der Waals surface area contributed by atoms with E-state index in [-0.39, 0.29) is 6.01 Å². The summed E-state index contributed by atoms with van der Waals surface area (Å²) in [5, 5.41) is 9.75. The highest BCUT2D eigenvalue weighted by Gasteiger charge is 1.94. The summed E-state index contributed by atoms with van der Waals surface area (Å²) in [7, 11) is 0. The predicted molar refractivity (Wildman–Crippen MR) is 39.0 cm³/mol. The normalized spacial score (nSPS) is 10.2. The molecule has 4 nitrogen and oxygen atoms in total. The summed E-state index contributed by atoms with van der Waals surface area (Å²) in [6.45, 7) is 0. The Kier molecular flexibility index (Phi) is 1.18. The van der Waals surface area contributed by atoms with Crippen molar-refractivity contribution >= 4 is 10.9 Å². The molecule has 0 saturated carbocycles. The third-order valence-electron chi connectivity index (χ3n) is 1.37. The summed E-state index contributed by atoms with van der Waals surface area (Å²) in [6.07, 6.45) is 4.79. The van der Waals surface area contributed by atoms with Gasteiger partial charge in [-0.1, -0.05) is 0 Å². The number of pyridine rings is 1. The second kappa shape index (κ2) is 2.16. The molecule has 0 aliphatic carbocycles. The van der Waals surface area contributed by atoms with Gasteiger partial charge in [0.15, 0.2) is 0 Å². The molecule has 0 aromatic carbocycles. The van der Waals surface area contributed by atoms with Crippen LogP contribution in [0.4, 0.5) is 0 Å². The molecule has 0 aliphatic heterocycles. The van der Waals surface area contributed by atoms with Gasteiger partial charge in [0, 0.05) is 17.8 Å². The number of hydrogen-bond acceptors (Lipinski definition) is 4. The first-order valence-corrected chi connectivity index (χ1v) is 3.12. The maximum absolute atomic E-state index is 8.88. The van der Waals surface area contributed by atoms with Crippen molar-refractivity contribution in [3.05, 3.63) is 24.7 Å². The van der Waals surface area contributed by atoms with Crippen molar-refractivity contribution in [1.29, 1.82) is 0 Å². The standard InChI is InChI=1S/C7H5N3O/c11-7-9-3-5-1-2-8-4-6(5)10-7/h1-4H,(H,9,10,11). The maximum Gasteiger partial charge on any atom is 0.314 e. The van der Waals surface area contributed by atoms with E-state index in [1.165, 1.54) is 0 Å². The van der Waals surface area contributed by atoms with Gasteiger partial charge in [-0.25, -0.2) is 4.98 Å². The van der Waals surface area contributed by atoms with E-state index in [1.807, 2.05) is 0 Å². The van der Waals surface area contributed by atoms with Crippen LogP contribution in [0.25, 0.3) is 10.9 Å². The molecule has 2 aromatic heterocycles. The van der Waals surface area contributed by atoms with Gasteiger partial charge in [-0.2, -0.15) is 4.98 Å². The van der Waals surface area contributed by atoms with Gasteiger partial charge in [-0.05, 0) is 6.07 Å². The summed E-state index contributed by atoms with van der Waals surface area (Å²) in [4.78, 5) is 11.2. The van der Waals surface area contributed by atoms with E-state index in [0.29, 0.717) is 5.52 Å². The van der Waals surface area contributed by atoms with E-state index in [2.05, 4.69) is 15.0 Å². The lowest BCUT2D eigenvalue weighted by Crippen LogP contribution is -1.83. The Labute approximate surface area is 62.6 Å². The van der Waals surface area contributed by atoms with Gasteiger partial charge in [0.1, 0.15) is 0 Å². The van der Waals surface area contributed by atoms with Crippen LogP contribution >= 0.6 is 0 Å². The molecule has 0 radical (unpaired) electrons. The van der Waals surface area contributed by atoms with Crippen LogP contribution in [0.3, 0.4) is 0 Å². The Hall–Kier alpha value is -1.71. The Bertz CT molecular complexity index is 388. The average Bonchev–Trinajstić information content (AvgIpc) is 2.04. The van der Waals surface area contributed by atoms with Crippen LogP contribution in [-0.2, 0) is 0 Å². The molecule has 11 heavy (non-hydrogen) atoms. The van der Waals surface area contributed by atoms with Crippen molar-refractivity contribution in [2.75, 3.05) is 0 Å². The molecule has 0 unspecified atom stereocenters. The summed E-state index contributed by atoms with van der Waals surface area (Å²) in [5.74, 6) is 0. The molecule has 2 rings (SSSR count). The number of hydrogen-bond donors (Lipinski definition) is 1. The summed E-state index contributed by atoms with van der Waals surface area (Å²) < 4.78 is 0. The van der Waals surface area contributed by atoms with Gasteiger partial charge in [-0.3, -0.25) is 4.98 Å². The maximum atomic E-state index is 8.88. The molecule has 1 N–H and O–H groups in total. The predicted octanol–water partition coefficient (Wildman–Crippen LogP) is 0.730. The Balaban J connectivity index is 2.83. The molecule has 0 amide bonds. The second-order valence-electron chi connectivity index (χ2n) is 2.10. The monoisotopic (exact) mass is 147 g/mol. The fourth-order valence-electron chi connectivity index (χ4n) is 0.863. The van der Waals surface area contributed by atoms with Crippen LogP contribution in [0, 0.1) is 0 Å². The van der Waals surface area contributed by atoms with Crippen molar-refractivity contribution in [3.63, 3.8) is 0 Å². The molecule has 0 aliphatic rings. The van der Waals surface area contributed by atoms with E-state index in [1.54, 1.807) is 24.7 Å². The third kappa shape index (κ3) is 0.980. The fraction of sp³-hybridized carbons (Fsp3) is 0. The molecular formula is C7H5N3O. The summed E-state index contributed by atoms with van der Waals surface area (Å²) >= 11 is 0. The number of rotatable bonds is 0. The lowest BCUT2D eigenvalue weighted by atomic mass is 10.3. The second-order valence-corrected chi connectivity index (χ2v) is 2.10. The Morgan fingerprint density at radius 2 is 2.18 bits per heavy atom. The molecule has 2 heterocycles. The van der Waals surface area contributed by atoms with Crippen LogP contribution < -0.4 is 0 Å². The molecule has 0 atom stereocenters. The molecule has 0 spiro atoms. The van der Waals surface area contributed by atoms with E-state index in [0.717, 1.165) is 5.39 Å². The number of fused-ring (bicyclic) bond motifs is 1. The zero-order chi connectivity index (χ0) is 7.68. The highest BCUT2D eigenvalue weighted by molar-refractivity contribution is 5.76. The molecule has 4 heteroatoms. The minimum atomic E-state index is -0.217. The first-order valence-electron chi connectivity index (χ1n) is 3.12. The van der Waals surface area contributed by atoms with E-state index in [9.17, 15) is 0 Å². The number of aromatic hydroxyl groups is 1. The smallest absolute Gasteiger partial charge is 0.314 e. The van der Waals surface area contributed by atoms with Gasteiger partial charge < -0.3 is 5.11 Å². The van der Waals surface area contributed by atoms with E-state index < -0.39 is 0 Å². The highest BCUT2D eigenvalue weighted by atomic mass is 16.3. The van der Waals surface area contributed by atoms with Crippen molar-refractivity contribution in [2.24, 2.45) is 0 Å². The third-order valence-corrected chi connectivity index (χ3v) is 1.37. The molecule has 0 saturated heterocycles. The van der Waals surface area contributed by atoms with Crippen molar-refractivity contribution in [3.8, 4) is 6.01 Å². The lowest BCUT2D eigenvalue weighted by Gasteiger charge is -1.93. The zero-order valence-electron chi connectivity index (χ0n) is 5.60. The van der Waals surface area contributed by atoms with Crippen molar-refractivity contribution < 1.29 is 5.11 Å². The van der Waals surface area contributed by atoms with Crippen LogP contribution in [0.5, 0.6) is 6.01 Å². The Morgan fingerprint density at radius 1 is 1.27 bits per heavy atom.